The zero-order valence-corrected chi connectivity index (χ0v) is 4.94. The molecule has 0 amide bonds. The zero-order chi connectivity index (χ0) is 7.23. The first-order chi connectivity index (χ1) is 4.93. The summed E-state index contributed by atoms with van der Waals surface area (Å²) < 4.78 is 0. The molecular formula is C4H4N6. The normalized spacial score (nSPS) is 7.90. The van der Waals surface area contributed by atoms with Crippen LogP contribution in [0.15, 0.2) is 12.7 Å². The van der Waals surface area contributed by atoms with E-state index in [-0.39, 0.29) is 0 Å². The van der Waals surface area contributed by atoms with Gasteiger partial charge in [0.2, 0.25) is 5.95 Å². The van der Waals surface area contributed by atoms with Gasteiger partial charge in [-0.15, -0.1) is 0 Å². The van der Waals surface area contributed by atoms with Crippen LogP contribution in [0.3, 0.4) is 0 Å². The van der Waals surface area contributed by atoms with Gasteiger partial charge in [0.1, 0.15) is 12.7 Å². The van der Waals surface area contributed by atoms with E-state index in [4.69, 9.17) is 5.26 Å². The third kappa shape index (κ3) is 1.56. The Labute approximate surface area is 56.9 Å². The highest BCUT2D eigenvalue weighted by molar-refractivity contribution is 5.18. The number of nitrogens with one attached hydrogen (secondary N) is 2. The largest absolute Gasteiger partial charge is 0.259 e. The van der Waals surface area contributed by atoms with Crippen molar-refractivity contribution in [3.8, 4) is 6.19 Å². The van der Waals surface area contributed by atoms with Crippen LogP contribution in [0.2, 0.25) is 0 Å². The third-order valence-electron chi connectivity index (χ3n) is 0.724. The second-order valence-corrected chi connectivity index (χ2v) is 1.32. The van der Waals surface area contributed by atoms with Crippen LogP contribution in [-0.2, 0) is 0 Å². The molecule has 0 saturated heterocycles. The molecule has 0 saturated carbocycles. The predicted molar refractivity (Wildman–Crippen MR) is 32.2 cm³/mol. The molecule has 0 fully saturated rings. The van der Waals surface area contributed by atoms with Gasteiger partial charge in [0.25, 0.3) is 0 Å². The van der Waals surface area contributed by atoms with Gasteiger partial charge in [-0.1, -0.05) is 0 Å². The molecule has 0 radical (unpaired) electrons. The average molecular weight is 136 g/mol. The van der Waals surface area contributed by atoms with Crippen molar-refractivity contribution in [1.29, 1.82) is 5.26 Å². The minimum Gasteiger partial charge on any atom is -0.259 e. The molecule has 0 aromatic carbocycles. The van der Waals surface area contributed by atoms with E-state index in [2.05, 4.69) is 25.8 Å². The van der Waals surface area contributed by atoms with Crippen LogP contribution < -0.4 is 10.9 Å². The molecule has 0 bridgehead atoms. The number of hydrazine groups is 1. The molecule has 1 aromatic rings. The Morgan fingerprint density at radius 2 is 2.10 bits per heavy atom. The first-order valence-corrected chi connectivity index (χ1v) is 2.45. The molecule has 1 heterocycles. The third-order valence-corrected chi connectivity index (χ3v) is 0.724. The van der Waals surface area contributed by atoms with Crippen molar-refractivity contribution >= 4 is 5.95 Å². The molecule has 2 N–H and O–H groups in total. The molecule has 6 nitrogen and oxygen atoms in total. The van der Waals surface area contributed by atoms with Crippen molar-refractivity contribution in [2.24, 2.45) is 0 Å². The molecule has 1 aromatic heterocycles. The lowest BCUT2D eigenvalue weighted by Gasteiger charge is -1.96. The van der Waals surface area contributed by atoms with Crippen LogP contribution in [0, 0.1) is 11.5 Å². The summed E-state index contributed by atoms with van der Waals surface area (Å²) in [6, 6.07) is 0. The first-order valence-electron chi connectivity index (χ1n) is 2.45. The van der Waals surface area contributed by atoms with Gasteiger partial charge in [0, 0.05) is 0 Å². The van der Waals surface area contributed by atoms with Crippen LogP contribution in [0.4, 0.5) is 5.95 Å². The van der Waals surface area contributed by atoms with Gasteiger partial charge in [0.05, 0.1) is 0 Å². The Bertz CT molecular complexity index is 225. The number of hydrogen-bond acceptors (Lipinski definition) is 6. The van der Waals surface area contributed by atoms with Crippen LogP contribution in [-0.4, -0.2) is 15.0 Å². The standard InChI is InChI=1S/C4H4N6/c5-1-9-10-4-7-2-6-3-8-4/h2-3,9H,(H,6,7,8,10). The molecule has 0 spiro atoms. The lowest BCUT2D eigenvalue weighted by atomic mass is 11.0. The summed E-state index contributed by atoms with van der Waals surface area (Å²) in [5, 5.41) is 8.03. The summed E-state index contributed by atoms with van der Waals surface area (Å²) >= 11 is 0. The monoisotopic (exact) mass is 136 g/mol. The maximum Gasteiger partial charge on any atom is 0.245 e. The molecular weight excluding hydrogens is 132 g/mol. The molecule has 0 aliphatic heterocycles. The molecule has 10 heavy (non-hydrogen) atoms. The quantitative estimate of drug-likeness (QED) is 0.316. The number of aromatic nitrogens is 3. The molecule has 50 valence electrons. The predicted octanol–water partition coefficient (Wildman–Crippen LogP) is -0.731. The fraction of sp³-hybridized carbons (Fsp3) is 0. The van der Waals surface area contributed by atoms with Crippen LogP contribution in [0.25, 0.3) is 0 Å². The summed E-state index contributed by atoms with van der Waals surface area (Å²) in [4.78, 5) is 10.9. The van der Waals surface area contributed by atoms with Crippen LogP contribution >= 0.6 is 0 Å². The Morgan fingerprint density at radius 1 is 1.40 bits per heavy atom. The average Bonchev–Trinajstić information content (AvgIpc) is 2.03. The highest BCUT2D eigenvalue weighted by Gasteiger charge is 1.87. The summed E-state index contributed by atoms with van der Waals surface area (Å²) in [6.45, 7) is 0. The van der Waals surface area contributed by atoms with E-state index in [0.717, 1.165) is 0 Å². The second-order valence-electron chi connectivity index (χ2n) is 1.32. The molecule has 6 heteroatoms. The fourth-order valence-electron chi connectivity index (χ4n) is 0.388. The smallest absolute Gasteiger partial charge is 0.245 e. The second kappa shape index (κ2) is 3.19. The number of rotatable bonds is 2. The minimum absolute atomic E-state index is 0.316. The Morgan fingerprint density at radius 3 is 2.70 bits per heavy atom. The maximum atomic E-state index is 8.03. The summed E-state index contributed by atoms with van der Waals surface area (Å²) in [5.41, 5.74) is 4.59. The Kier molecular flexibility index (Phi) is 1.99. The topological polar surface area (TPSA) is 86.5 Å². The van der Waals surface area contributed by atoms with E-state index in [1.807, 2.05) is 0 Å². The van der Waals surface area contributed by atoms with Crippen LogP contribution in [0.5, 0.6) is 0 Å². The highest BCUT2D eigenvalue weighted by atomic mass is 15.4. The van der Waals surface area contributed by atoms with Crippen molar-refractivity contribution < 1.29 is 0 Å². The zero-order valence-electron chi connectivity index (χ0n) is 4.94. The van der Waals surface area contributed by atoms with E-state index in [1.54, 1.807) is 6.19 Å². The van der Waals surface area contributed by atoms with E-state index < -0.39 is 0 Å². The highest BCUT2D eigenvalue weighted by Crippen LogP contribution is 1.86. The van der Waals surface area contributed by atoms with E-state index >= 15 is 0 Å². The molecule has 0 atom stereocenters. The van der Waals surface area contributed by atoms with Gasteiger partial charge < -0.3 is 0 Å². The number of hydrogen-bond donors (Lipinski definition) is 2. The van der Waals surface area contributed by atoms with Gasteiger partial charge in [-0.3, -0.25) is 5.43 Å². The van der Waals surface area contributed by atoms with Crippen molar-refractivity contribution in [3.05, 3.63) is 12.7 Å². The number of anilines is 1. The minimum atomic E-state index is 0.316. The van der Waals surface area contributed by atoms with E-state index in [1.165, 1.54) is 12.7 Å². The summed E-state index contributed by atoms with van der Waals surface area (Å²) in [7, 11) is 0. The van der Waals surface area contributed by atoms with E-state index in [0.29, 0.717) is 5.95 Å². The Hall–Kier alpha value is -1.90. The maximum absolute atomic E-state index is 8.03. The van der Waals surface area contributed by atoms with Gasteiger partial charge in [-0.05, 0) is 0 Å². The van der Waals surface area contributed by atoms with Crippen molar-refractivity contribution in [2.45, 2.75) is 0 Å². The first kappa shape index (κ1) is 6.22. The lowest BCUT2D eigenvalue weighted by molar-refractivity contribution is 0.967. The lowest BCUT2D eigenvalue weighted by Crippen LogP contribution is -2.16. The fourth-order valence-corrected chi connectivity index (χ4v) is 0.388. The molecule has 0 unspecified atom stereocenters. The molecule has 0 aliphatic carbocycles. The van der Waals surface area contributed by atoms with Gasteiger partial charge in [-0.2, -0.15) is 15.2 Å². The van der Waals surface area contributed by atoms with E-state index in [9.17, 15) is 0 Å². The van der Waals surface area contributed by atoms with Gasteiger partial charge in [0.15, 0.2) is 6.19 Å². The van der Waals surface area contributed by atoms with Crippen molar-refractivity contribution in [3.63, 3.8) is 0 Å². The Balaban J connectivity index is 2.52. The number of nitrogens with zero attached hydrogens (tertiary/aromatic N) is 4. The molecule has 0 aliphatic rings. The SMILES string of the molecule is N#CNNc1ncncn1. The van der Waals surface area contributed by atoms with Crippen molar-refractivity contribution in [2.75, 3.05) is 5.43 Å². The number of nitriles is 1. The summed E-state index contributed by atoms with van der Waals surface area (Å²) in [5.74, 6) is 0.316. The van der Waals surface area contributed by atoms with Crippen LogP contribution in [0.1, 0.15) is 0 Å². The molecule has 1 rings (SSSR count). The van der Waals surface area contributed by atoms with Gasteiger partial charge >= 0.3 is 0 Å². The van der Waals surface area contributed by atoms with Crippen molar-refractivity contribution in [1.82, 2.24) is 20.4 Å². The summed E-state index contributed by atoms with van der Waals surface area (Å²) in [6.07, 6.45) is 4.31. The van der Waals surface area contributed by atoms with Gasteiger partial charge in [-0.25, -0.2) is 10.4 Å².